The molecule has 1 atom stereocenters. The average Bonchev–Trinajstić information content (AvgIpc) is 2.63. The molecule has 0 radical (unpaired) electrons. The zero-order valence-corrected chi connectivity index (χ0v) is 15.5. The lowest BCUT2D eigenvalue weighted by Crippen LogP contribution is -2.54. The van der Waals surface area contributed by atoms with Crippen LogP contribution in [0, 0.1) is 5.41 Å². The van der Waals surface area contributed by atoms with Gasteiger partial charge in [-0.25, -0.2) is 0 Å². The summed E-state index contributed by atoms with van der Waals surface area (Å²) in [6.45, 7) is 7.24. The molecular formula is C21H32N2O2. The summed E-state index contributed by atoms with van der Waals surface area (Å²) in [4.78, 5) is 16.8. The van der Waals surface area contributed by atoms with Gasteiger partial charge in [0, 0.05) is 44.6 Å². The zero-order chi connectivity index (χ0) is 17.7. The number of aliphatic hydroxyl groups excluding tert-OH is 1. The van der Waals surface area contributed by atoms with Crippen molar-refractivity contribution in [3.8, 4) is 0 Å². The molecule has 138 valence electrons. The summed E-state index contributed by atoms with van der Waals surface area (Å²) in [5.74, 6) is 0.271. The second-order valence-corrected chi connectivity index (χ2v) is 7.83. The Morgan fingerprint density at radius 2 is 1.96 bits per heavy atom. The van der Waals surface area contributed by atoms with E-state index in [9.17, 15) is 4.79 Å². The fraction of sp³-hybridized carbons (Fsp3) is 0.667. The van der Waals surface area contributed by atoms with Crippen LogP contribution in [0.1, 0.15) is 50.2 Å². The van der Waals surface area contributed by atoms with E-state index in [-0.39, 0.29) is 17.9 Å². The van der Waals surface area contributed by atoms with Gasteiger partial charge in [0.25, 0.3) is 0 Å². The van der Waals surface area contributed by atoms with Crippen molar-refractivity contribution in [1.29, 1.82) is 0 Å². The van der Waals surface area contributed by atoms with Crippen LogP contribution in [0.4, 0.5) is 0 Å². The quantitative estimate of drug-likeness (QED) is 0.863. The SMILES string of the molecule is CCc1ccccc1CN1CCCC2(CCC(=O)N(CCCO)C2)C1. The van der Waals surface area contributed by atoms with E-state index in [1.807, 2.05) is 4.90 Å². The highest BCUT2D eigenvalue weighted by Gasteiger charge is 2.41. The summed E-state index contributed by atoms with van der Waals surface area (Å²) >= 11 is 0. The normalized spacial score (nSPS) is 24.9. The average molecular weight is 344 g/mol. The van der Waals surface area contributed by atoms with Crippen LogP contribution in [-0.4, -0.2) is 53.6 Å². The van der Waals surface area contributed by atoms with Crippen molar-refractivity contribution in [2.24, 2.45) is 5.41 Å². The highest BCUT2D eigenvalue weighted by molar-refractivity contribution is 5.77. The van der Waals surface area contributed by atoms with Gasteiger partial charge in [0.2, 0.25) is 5.91 Å². The molecule has 1 aromatic rings. The molecule has 1 amide bonds. The standard InChI is InChI=1S/C21H32N2O2/c1-2-18-7-3-4-8-19(18)15-22-12-5-10-21(16-22)11-9-20(25)23(17-21)13-6-14-24/h3-4,7-8,24H,2,5-6,9-17H2,1H3. The van der Waals surface area contributed by atoms with E-state index in [1.165, 1.54) is 24.0 Å². The molecule has 0 bridgehead atoms. The summed E-state index contributed by atoms with van der Waals surface area (Å²) in [5.41, 5.74) is 3.15. The monoisotopic (exact) mass is 344 g/mol. The van der Waals surface area contributed by atoms with Crippen LogP contribution in [0.2, 0.25) is 0 Å². The first-order valence-electron chi connectivity index (χ1n) is 9.83. The molecule has 0 aliphatic carbocycles. The summed E-state index contributed by atoms with van der Waals surface area (Å²) in [7, 11) is 0. The van der Waals surface area contributed by atoms with Crippen molar-refractivity contribution < 1.29 is 9.90 Å². The molecule has 0 aromatic heterocycles. The first-order chi connectivity index (χ1) is 12.2. The number of benzene rings is 1. The number of hydrogen-bond acceptors (Lipinski definition) is 3. The molecule has 25 heavy (non-hydrogen) atoms. The van der Waals surface area contributed by atoms with Gasteiger partial charge in [0.1, 0.15) is 0 Å². The number of rotatable bonds is 6. The maximum Gasteiger partial charge on any atom is 0.222 e. The molecule has 1 unspecified atom stereocenters. The molecule has 4 nitrogen and oxygen atoms in total. The van der Waals surface area contributed by atoms with Gasteiger partial charge in [0.15, 0.2) is 0 Å². The maximum atomic E-state index is 12.2. The number of nitrogens with zero attached hydrogens (tertiary/aromatic N) is 2. The van der Waals surface area contributed by atoms with Gasteiger partial charge < -0.3 is 10.0 Å². The van der Waals surface area contributed by atoms with Gasteiger partial charge in [-0.15, -0.1) is 0 Å². The number of piperidine rings is 2. The van der Waals surface area contributed by atoms with E-state index in [4.69, 9.17) is 5.11 Å². The summed E-state index contributed by atoms with van der Waals surface area (Å²) in [6.07, 6.45) is 5.91. The second-order valence-electron chi connectivity index (χ2n) is 7.83. The van der Waals surface area contributed by atoms with E-state index in [1.54, 1.807) is 0 Å². The predicted octanol–water partition coefficient (Wildman–Crippen LogP) is 2.84. The van der Waals surface area contributed by atoms with Crippen molar-refractivity contribution in [3.63, 3.8) is 0 Å². The largest absolute Gasteiger partial charge is 0.396 e. The van der Waals surface area contributed by atoms with Crippen molar-refractivity contribution in [1.82, 2.24) is 9.80 Å². The van der Waals surface area contributed by atoms with E-state index < -0.39 is 0 Å². The van der Waals surface area contributed by atoms with Crippen molar-refractivity contribution in [2.75, 3.05) is 32.8 Å². The summed E-state index contributed by atoms with van der Waals surface area (Å²) in [5, 5.41) is 9.09. The van der Waals surface area contributed by atoms with Crippen LogP contribution in [0.5, 0.6) is 0 Å². The molecule has 3 rings (SSSR count). The molecule has 1 N–H and O–H groups in total. The second kappa shape index (κ2) is 8.33. The predicted molar refractivity (Wildman–Crippen MR) is 100 cm³/mol. The van der Waals surface area contributed by atoms with E-state index in [0.717, 1.165) is 39.0 Å². The third-order valence-electron chi connectivity index (χ3n) is 5.97. The summed E-state index contributed by atoms with van der Waals surface area (Å²) in [6, 6.07) is 8.78. The lowest BCUT2D eigenvalue weighted by Gasteiger charge is -2.48. The Kier molecular flexibility index (Phi) is 6.13. The van der Waals surface area contributed by atoms with Crippen LogP contribution in [0.15, 0.2) is 24.3 Å². The number of amides is 1. The maximum absolute atomic E-state index is 12.2. The fourth-order valence-corrected chi connectivity index (χ4v) is 4.64. The Bertz CT molecular complexity index is 589. The number of aliphatic hydroxyl groups is 1. The van der Waals surface area contributed by atoms with Crippen molar-refractivity contribution >= 4 is 5.91 Å². The molecule has 1 aromatic carbocycles. The Balaban J connectivity index is 1.66. The van der Waals surface area contributed by atoms with Crippen LogP contribution < -0.4 is 0 Å². The minimum absolute atomic E-state index is 0.163. The van der Waals surface area contributed by atoms with Gasteiger partial charge in [-0.2, -0.15) is 0 Å². The molecule has 0 saturated carbocycles. The zero-order valence-electron chi connectivity index (χ0n) is 15.5. The van der Waals surface area contributed by atoms with Crippen LogP contribution in [-0.2, 0) is 17.8 Å². The lowest BCUT2D eigenvalue weighted by molar-refractivity contribution is -0.139. The molecule has 4 heteroatoms. The lowest BCUT2D eigenvalue weighted by atomic mass is 9.73. The molecule has 1 spiro atoms. The third-order valence-corrected chi connectivity index (χ3v) is 5.97. The Hall–Kier alpha value is -1.39. The molecule has 2 saturated heterocycles. The van der Waals surface area contributed by atoms with Gasteiger partial charge >= 0.3 is 0 Å². The Morgan fingerprint density at radius 1 is 1.16 bits per heavy atom. The number of aryl methyl sites for hydroxylation is 1. The van der Waals surface area contributed by atoms with Gasteiger partial charge in [-0.1, -0.05) is 31.2 Å². The smallest absolute Gasteiger partial charge is 0.222 e. The van der Waals surface area contributed by atoms with E-state index in [2.05, 4.69) is 36.1 Å². The van der Waals surface area contributed by atoms with E-state index in [0.29, 0.717) is 19.4 Å². The van der Waals surface area contributed by atoms with Crippen molar-refractivity contribution in [3.05, 3.63) is 35.4 Å². The van der Waals surface area contributed by atoms with Crippen molar-refractivity contribution in [2.45, 2.75) is 52.0 Å². The number of carbonyl (C=O) groups is 1. The van der Waals surface area contributed by atoms with Gasteiger partial charge in [-0.3, -0.25) is 9.69 Å². The highest BCUT2D eigenvalue weighted by atomic mass is 16.3. The summed E-state index contributed by atoms with van der Waals surface area (Å²) < 4.78 is 0. The molecule has 2 heterocycles. The van der Waals surface area contributed by atoms with Gasteiger partial charge in [-0.05, 0) is 49.8 Å². The molecular weight excluding hydrogens is 312 g/mol. The molecule has 2 aliphatic rings. The van der Waals surface area contributed by atoms with Crippen LogP contribution in [0.25, 0.3) is 0 Å². The number of likely N-dealkylation sites (tertiary alicyclic amines) is 2. The first kappa shape index (κ1) is 18.4. The number of hydrogen-bond donors (Lipinski definition) is 1. The molecule has 2 fully saturated rings. The van der Waals surface area contributed by atoms with E-state index >= 15 is 0 Å². The Labute approximate surface area is 151 Å². The molecule has 2 aliphatic heterocycles. The highest BCUT2D eigenvalue weighted by Crippen LogP contribution is 2.39. The van der Waals surface area contributed by atoms with Crippen LogP contribution >= 0.6 is 0 Å². The topological polar surface area (TPSA) is 43.8 Å². The first-order valence-corrected chi connectivity index (χ1v) is 9.83. The number of carbonyl (C=O) groups excluding carboxylic acids is 1. The minimum Gasteiger partial charge on any atom is -0.396 e. The van der Waals surface area contributed by atoms with Gasteiger partial charge in [0.05, 0.1) is 0 Å². The van der Waals surface area contributed by atoms with Crippen LogP contribution in [0.3, 0.4) is 0 Å². The fourth-order valence-electron chi connectivity index (χ4n) is 4.64. The Morgan fingerprint density at radius 3 is 2.72 bits per heavy atom. The third kappa shape index (κ3) is 4.42. The minimum atomic E-state index is 0.163.